The van der Waals surface area contributed by atoms with Gasteiger partial charge in [-0.25, -0.2) is 0 Å². The lowest BCUT2D eigenvalue weighted by atomic mass is 10.0. The van der Waals surface area contributed by atoms with E-state index in [2.05, 4.69) is 16.0 Å². The second-order valence-corrected chi connectivity index (χ2v) is 12.2. The molecule has 1 saturated heterocycles. The number of amides is 5. The molecule has 1 aliphatic rings. The molecule has 10 N–H and O–H groups in total. The van der Waals surface area contributed by atoms with Crippen LogP contribution in [-0.4, -0.2) is 92.6 Å². The van der Waals surface area contributed by atoms with Crippen LogP contribution < -0.4 is 27.4 Å². The number of hydrogen-bond acceptors (Lipinski definition) is 9. The SMILES string of the molecule is C[C@@H](NC(=O)[C@@H](N)Cc1ccc(O)cc1)C(=O)N[C@@H](Cc1ccccc1)C(=O)N1C[C@H](O)C[C@H]1C(=O)N[C@@H](Cc1ccc(O)cc1)C(N)=O. The fourth-order valence-corrected chi connectivity index (χ4v) is 5.58. The molecule has 0 unspecified atom stereocenters. The number of hydrogen-bond donors (Lipinski definition) is 8. The Morgan fingerprint density at radius 3 is 1.86 bits per heavy atom. The molecule has 4 rings (SSSR count). The number of phenolic OH excluding ortho intramolecular Hbond substituents is 2. The highest BCUT2D eigenvalue weighted by molar-refractivity contribution is 5.96. The van der Waals surface area contributed by atoms with Crippen LogP contribution in [0, 0.1) is 0 Å². The van der Waals surface area contributed by atoms with Crippen molar-refractivity contribution in [2.75, 3.05) is 6.54 Å². The molecule has 260 valence electrons. The first-order chi connectivity index (χ1) is 23.3. The van der Waals surface area contributed by atoms with E-state index in [4.69, 9.17) is 11.5 Å². The number of likely N-dealkylation sites (tertiary alicyclic amines) is 1. The maximum atomic E-state index is 14.0. The molecule has 49 heavy (non-hydrogen) atoms. The Morgan fingerprint density at radius 1 is 0.755 bits per heavy atom. The van der Waals surface area contributed by atoms with Crippen LogP contribution >= 0.6 is 0 Å². The zero-order valence-corrected chi connectivity index (χ0v) is 27.0. The predicted molar refractivity (Wildman–Crippen MR) is 179 cm³/mol. The number of benzene rings is 3. The average Bonchev–Trinajstić information content (AvgIpc) is 3.47. The highest BCUT2D eigenvalue weighted by Crippen LogP contribution is 2.21. The Labute approximate surface area is 283 Å². The van der Waals surface area contributed by atoms with Crippen molar-refractivity contribution in [2.45, 2.75) is 68.9 Å². The minimum Gasteiger partial charge on any atom is -0.508 e. The number of β-amino-alcohol motifs (C(OH)–C–C–N with tert-alkyl or cyclic N) is 1. The first-order valence-corrected chi connectivity index (χ1v) is 15.8. The summed E-state index contributed by atoms with van der Waals surface area (Å²) in [5.41, 5.74) is 13.7. The lowest BCUT2D eigenvalue weighted by molar-refractivity contribution is -0.142. The number of primary amides is 1. The summed E-state index contributed by atoms with van der Waals surface area (Å²) >= 11 is 0. The van der Waals surface area contributed by atoms with Gasteiger partial charge in [-0.05, 0) is 54.3 Å². The van der Waals surface area contributed by atoms with Crippen LogP contribution in [0.25, 0.3) is 0 Å². The molecule has 0 aromatic heterocycles. The summed E-state index contributed by atoms with van der Waals surface area (Å²) in [6, 6.07) is 15.5. The Bertz CT molecular complexity index is 1620. The number of nitrogens with two attached hydrogens (primary N) is 2. The number of rotatable bonds is 14. The van der Waals surface area contributed by atoms with Crippen LogP contribution in [0.2, 0.25) is 0 Å². The third-order valence-electron chi connectivity index (χ3n) is 8.28. The fraction of sp³-hybridized carbons (Fsp3) is 0.343. The third-order valence-corrected chi connectivity index (χ3v) is 8.28. The minimum absolute atomic E-state index is 0.0273. The Kier molecular flexibility index (Phi) is 12.3. The Morgan fingerprint density at radius 2 is 1.29 bits per heavy atom. The summed E-state index contributed by atoms with van der Waals surface area (Å²) in [4.78, 5) is 67.1. The van der Waals surface area contributed by atoms with E-state index in [0.29, 0.717) is 16.7 Å². The number of phenols is 2. The molecule has 3 aromatic carbocycles. The standard InChI is InChI=1S/C35H42N6O8/c1-20(38-33(47)27(36)15-22-7-11-24(42)12-8-22)32(46)40-29(17-21-5-3-2-4-6-21)35(49)41-19-26(44)18-30(41)34(48)39-28(31(37)45)16-23-9-13-25(43)14-10-23/h2-14,20,26-30,42-44H,15-19,36H2,1H3,(H2,37,45)(H,38,47)(H,39,48)(H,40,46)/t20-,26-,27+,28+,29+,30+/m1/s1. The van der Waals surface area contributed by atoms with Gasteiger partial charge in [-0.1, -0.05) is 54.6 Å². The van der Waals surface area contributed by atoms with Gasteiger partial charge in [-0.15, -0.1) is 0 Å². The van der Waals surface area contributed by atoms with Crippen molar-refractivity contribution in [1.29, 1.82) is 0 Å². The van der Waals surface area contributed by atoms with Crippen LogP contribution in [0.3, 0.4) is 0 Å². The van der Waals surface area contributed by atoms with Gasteiger partial charge in [0.15, 0.2) is 0 Å². The summed E-state index contributed by atoms with van der Waals surface area (Å²) in [5, 5.41) is 37.4. The van der Waals surface area contributed by atoms with Gasteiger partial charge in [0.1, 0.15) is 35.7 Å². The highest BCUT2D eigenvalue weighted by atomic mass is 16.3. The van der Waals surface area contributed by atoms with Crippen molar-refractivity contribution in [1.82, 2.24) is 20.9 Å². The van der Waals surface area contributed by atoms with E-state index in [-0.39, 0.29) is 43.7 Å². The number of aliphatic hydroxyl groups is 1. The maximum Gasteiger partial charge on any atom is 0.246 e. The molecular formula is C35H42N6O8. The molecule has 1 heterocycles. The van der Waals surface area contributed by atoms with E-state index in [0.717, 1.165) is 0 Å². The zero-order valence-electron chi connectivity index (χ0n) is 27.0. The molecule has 1 aliphatic heterocycles. The molecule has 1 fully saturated rings. The number of carbonyl (C=O) groups is 5. The second kappa shape index (κ2) is 16.6. The first kappa shape index (κ1) is 36.4. The van der Waals surface area contributed by atoms with Gasteiger partial charge >= 0.3 is 0 Å². The second-order valence-electron chi connectivity index (χ2n) is 12.2. The van der Waals surface area contributed by atoms with Crippen LogP contribution in [-0.2, 0) is 43.2 Å². The molecule has 0 bridgehead atoms. The number of aliphatic hydroxyl groups excluding tert-OH is 1. The van der Waals surface area contributed by atoms with E-state index < -0.39 is 65.8 Å². The van der Waals surface area contributed by atoms with Crippen molar-refractivity contribution < 1.29 is 39.3 Å². The van der Waals surface area contributed by atoms with Gasteiger partial charge in [-0.3, -0.25) is 24.0 Å². The minimum atomic E-state index is -1.19. The zero-order chi connectivity index (χ0) is 35.7. The predicted octanol–water partition coefficient (Wildman–Crippen LogP) is -0.626. The topological polar surface area (TPSA) is 237 Å². The van der Waals surface area contributed by atoms with Crippen molar-refractivity contribution in [3.8, 4) is 11.5 Å². The molecule has 0 spiro atoms. The normalized spacial score (nSPS) is 18.1. The van der Waals surface area contributed by atoms with Gasteiger partial charge in [0.2, 0.25) is 29.5 Å². The van der Waals surface area contributed by atoms with Gasteiger partial charge in [0.05, 0.1) is 12.1 Å². The van der Waals surface area contributed by atoms with Gasteiger partial charge in [0.25, 0.3) is 0 Å². The van der Waals surface area contributed by atoms with Crippen LogP contribution in [0.15, 0.2) is 78.9 Å². The average molecular weight is 675 g/mol. The fourth-order valence-electron chi connectivity index (χ4n) is 5.58. The summed E-state index contributed by atoms with van der Waals surface area (Å²) in [6.07, 6.45) is -0.941. The Balaban J connectivity index is 1.46. The molecule has 0 radical (unpaired) electrons. The van der Waals surface area contributed by atoms with E-state index >= 15 is 0 Å². The number of carbonyl (C=O) groups excluding carboxylic acids is 5. The number of nitrogens with zero attached hydrogens (tertiary/aromatic N) is 1. The molecule has 5 amide bonds. The summed E-state index contributed by atoms with van der Waals surface area (Å²) in [7, 11) is 0. The Hall–Kier alpha value is -5.47. The molecule has 14 heteroatoms. The summed E-state index contributed by atoms with van der Waals surface area (Å²) in [5.74, 6) is -3.35. The van der Waals surface area contributed by atoms with Crippen LogP contribution in [0.1, 0.15) is 30.0 Å². The summed E-state index contributed by atoms with van der Waals surface area (Å²) < 4.78 is 0. The lowest BCUT2D eigenvalue weighted by Crippen LogP contribution is -2.58. The van der Waals surface area contributed by atoms with Gasteiger partial charge in [0, 0.05) is 25.8 Å². The third kappa shape index (κ3) is 10.3. The molecule has 0 aliphatic carbocycles. The molecule has 14 nitrogen and oxygen atoms in total. The van der Waals surface area contributed by atoms with E-state index in [9.17, 15) is 39.3 Å². The number of nitrogens with one attached hydrogen (secondary N) is 3. The first-order valence-electron chi connectivity index (χ1n) is 15.8. The smallest absolute Gasteiger partial charge is 0.246 e. The van der Waals surface area contributed by atoms with E-state index in [1.165, 1.54) is 36.1 Å². The molecule has 3 aromatic rings. The lowest BCUT2D eigenvalue weighted by Gasteiger charge is -2.30. The molecular weight excluding hydrogens is 632 g/mol. The van der Waals surface area contributed by atoms with Crippen molar-refractivity contribution >= 4 is 29.5 Å². The van der Waals surface area contributed by atoms with Crippen LogP contribution in [0.4, 0.5) is 0 Å². The van der Waals surface area contributed by atoms with Gasteiger partial charge in [-0.2, -0.15) is 0 Å². The van der Waals surface area contributed by atoms with E-state index in [1.54, 1.807) is 54.6 Å². The maximum absolute atomic E-state index is 14.0. The molecule has 6 atom stereocenters. The highest BCUT2D eigenvalue weighted by Gasteiger charge is 2.42. The largest absolute Gasteiger partial charge is 0.508 e. The van der Waals surface area contributed by atoms with Crippen molar-refractivity contribution in [2.24, 2.45) is 11.5 Å². The number of aromatic hydroxyl groups is 2. The van der Waals surface area contributed by atoms with Crippen LogP contribution in [0.5, 0.6) is 11.5 Å². The summed E-state index contributed by atoms with van der Waals surface area (Å²) in [6.45, 7) is 1.24. The monoisotopic (exact) mass is 674 g/mol. The quantitative estimate of drug-likeness (QED) is 0.109. The van der Waals surface area contributed by atoms with Gasteiger partial charge < -0.3 is 47.6 Å². The van der Waals surface area contributed by atoms with E-state index in [1.807, 2.05) is 0 Å². The van der Waals surface area contributed by atoms with Crippen molar-refractivity contribution in [3.63, 3.8) is 0 Å². The molecule has 0 saturated carbocycles. The van der Waals surface area contributed by atoms with Crippen molar-refractivity contribution in [3.05, 3.63) is 95.6 Å².